The van der Waals surface area contributed by atoms with Crippen LogP contribution in [0.2, 0.25) is 23.2 Å². The molecule has 1 fully saturated rings. The number of amides is 1. The molecule has 1 unspecified atom stereocenters. The van der Waals surface area contributed by atoms with Gasteiger partial charge in [0.1, 0.15) is 12.3 Å². The number of aromatic nitrogens is 3. The molecule has 13 heteroatoms. The zero-order valence-electron chi connectivity index (χ0n) is 26.6. The molecule has 1 saturated heterocycles. The van der Waals surface area contributed by atoms with Crippen LogP contribution in [0.3, 0.4) is 0 Å². The smallest absolute Gasteiger partial charge is 0.329 e. The topological polar surface area (TPSA) is 124 Å². The van der Waals surface area contributed by atoms with Gasteiger partial charge in [0.05, 0.1) is 22.0 Å². The van der Waals surface area contributed by atoms with Crippen molar-refractivity contribution in [2.24, 2.45) is 0 Å². The number of likely N-dealkylation sites (tertiary alicyclic amines) is 1. The van der Waals surface area contributed by atoms with Crippen molar-refractivity contribution >= 4 is 56.7 Å². The first-order valence-electron chi connectivity index (χ1n) is 15.1. The van der Waals surface area contributed by atoms with Crippen molar-refractivity contribution in [3.8, 4) is 17.3 Å². The number of nitriles is 1. The second-order valence-electron chi connectivity index (χ2n) is 13.5. The van der Waals surface area contributed by atoms with Crippen LogP contribution in [0.1, 0.15) is 62.2 Å². The molecule has 2 aliphatic rings. The van der Waals surface area contributed by atoms with Gasteiger partial charge in [-0.2, -0.15) is 5.26 Å². The number of benzene rings is 1. The summed E-state index contributed by atoms with van der Waals surface area (Å²) in [6, 6.07) is 9.55. The quantitative estimate of drug-likeness (QED) is 0.223. The highest BCUT2D eigenvalue weighted by molar-refractivity contribution is 6.74. The molecule has 5 rings (SSSR count). The van der Waals surface area contributed by atoms with Gasteiger partial charge >= 0.3 is 7.41 Å². The summed E-state index contributed by atoms with van der Waals surface area (Å²) in [6.45, 7) is 15.5. The van der Waals surface area contributed by atoms with Crippen molar-refractivity contribution in [3.05, 3.63) is 58.5 Å². The molecule has 1 atom stereocenters. The number of fused-ring (bicyclic) bond motifs is 1. The van der Waals surface area contributed by atoms with Gasteiger partial charge < -0.3 is 24.2 Å². The van der Waals surface area contributed by atoms with Crippen LogP contribution in [-0.4, -0.2) is 73.9 Å². The van der Waals surface area contributed by atoms with Crippen LogP contribution in [0.4, 0.5) is 17.3 Å². The van der Waals surface area contributed by atoms with E-state index < -0.39 is 13.7 Å². The summed E-state index contributed by atoms with van der Waals surface area (Å²) in [6.07, 6.45) is 5.75. The Balaban J connectivity index is 1.51. The minimum absolute atomic E-state index is 0.0287. The minimum Gasteiger partial charge on any atom is -0.416 e. The lowest BCUT2D eigenvalue weighted by Crippen LogP contribution is -2.46. The number of carbonyl (C=O) groups is 2. The molecule has 233 valence electrons. The molecule has 0 saturated carbocycles. The maximum Gasteiger partial charge on any atom is 0.329 e. The lowest BCUT2D eigenvalue weighted by atomic mass is 9.83. The van der Waals surface area contributed by atoms with Crippen LogP contribution in [0, 0.1) is 11.3 Å². The van der Waals surface area contributed by atoms with Gasteiger partial charge in [-0.1, -0.05) is 39.3 Å². The van der Waals surface area contributed by atoms with E-state index in [0.29, 0.717) is 53.9 Å². The molecule has 3 aromatic rings. The van der Waals surface area contributed by atoms with E-state index in [1.165, 1.54) is 13.6 Å². The van der Waals surface area contributed by atoms with Crippen molar-refractivity contribution in [2.75, 3.05) is 36.4 Å². The van der Waals surface area contributed by atoms with Crippen LogP contribution < -0.4 is 10.1 Å². The largest absolute Gasteiger partial charge is 0.416 e. The first kappa shape index (κ1) is 32.6. The Bertz CT molecular complexity index is 1670. The summed E-state index contributed by atoms with van der Waals surface area (Å²) in [5, 5.41) is 13.8. The van der Waals surface area contributed by atoms with Crippen molar-refractivity contribution in [3.63, 3.8) is 0 Å². The molecule has 0 spiro atoms. The SMILES string of the molecule is CC1(CO[Si](C)(C)C(C)(C)C)CN([B]C=O)c2c(C#N)cc(-c3ccnc(Nc4cc(Cl)cnc4C(=O)N4CCCC4)n3)cc21. The van der Waals surface area contributed by atoms with Gasteiger partial charge in [0.25, 0.3) is 5.91 Å². The standard InChI is InChI=1S/C32H38BClN7O3Si/c1-31(2,3)45(5,6)44-19-32(4)18-41(33-20-42)28-22(16-35)13-21(14-24(28)32)25-9-10-36-30(38-25)39-26-15-23(34)17-37-27(26)29(43)40-11-7-8-12-40/h9-10,13-15,17,20H,7-8,11-12,18-19H2,1-6H3,(H,36,38,39). The summed E-state index contributed by atoms with van der Waals surface area (Å²) in [4.78, 5) is 41.9. The van der Waals surface area contributed by atoms with E-state index in [1.807, 2.05) is 10.9 Å². The fourth-order valence-electron chi connectivity index (χ4n) is 5.53. The third kappa shape index (κ3) is 6.62. The van der Waals surface area contributed by atoms with Crippen molar-refractivity contribution in [1.82, 2.24) is 19.9 Å². The van der Waals surface area contributed by atoms with Crippen molar-refractivity contribution in [2.45, 2.75) is 64.1 Å². The molecule has 2 aliphatic heterocycles. The van der Waals surface area contributed by atoms with Gasteiger partial charge in [-0.05, 0) is 60.8 Å². The molecule has 2 aromatic heterocycles. The molecule has 1 radical (unpaired) electrons. The van der Waals surface area contributed by atoms with Gasteiger partial charge in [-0.25, -0.2) is 15.0 Å². The molecular formula is C32H38BClN7O3Si. The third-order valence-corrected chi connectivity index (χ3v) is 13.8. The average molecular weight is 643 g/mol. The third-order valence-electron chi connectivity index (χ3n) is 9.13. The fourth-order valence-corrected chi connectivity index (χ4v) is 6.80. The summed E-state index contributed by atoms with van der Waals surface area (Å²) >= 11 is 6.27. The zero-order valence-corrected chi connectivity index (χ0v) is 28.4. The number of nitrogens with zero attached hydrogens (tertiary/aromatic N) is 6. The Morgan fingerprint density at radius 2 is 1.98 bits per heavy atom. The van der Waals surface area contributed by atoms with Gasteiger partial charge in [-0.3, -0.25) is 4.79 Å². The van der Waals surface area contributed by atoms with Crippen LogP contribution >= 0.6 is 11.6 Å². The predicted molar refractivity (Wildman–Crippen MR) is 180 cm³/mol. The molecule has 45 heavy (non-hydrogen) atoms. The van der Waals surface area contributed by atoms with Crippen LogP contribution in [0.25, 0.3) is 11.3 Å². The minimum atomic E-state index is -2.08. The Hall–Kier alpha value is -3.79. The molecule has 4 heterocycles. The molecule has 0 aliphatic carbocycles. The maximum atomic E-state index is 13.2. The number of pyridine rings is 1. The van der Waals surface area contributed by atoms with E-state index in [0.717, 1.165) is 30.2 Å². The first-order chi connectivity index (χ1) is 21.3. The number of hydrogen-bond donors (Lipinski definition) is 1. The van der Waals surface area contributed by atoms with Crippen LogP contribution in [0.5, 0.6) is 0 Å². The van der Waals surface area contributed by atoms with E-state index in [-0.39, 0.29) is 22.6 Å². The second-order valence-corrected chi connectivity index (χ2v) is 18.7. The molecule has 1 amide bonds. The van der Waals surface area contributed by atoms with Crippen LogP contribution in [0.15, 0.2) is 36.7 Å². The first-order valence-corrected chi connectivity index (χ1v) is 18.4. The van der Waals surface area contributed by atoms with E-state index in [2.05, 4.69) is 62.1 Å². The number of hydrogen-bond acceptors (Lipinski definition) is 9. The maximum absolute atomic E-state index is 13.2. The Kier molecular flexibility index (Phi) is 9.09. The number of carbonyl (C=O) groups excluding carboxylic acids is 2. The Labute approximate surface area is 271 Å². The van der Waals surface area contributed by atoms with E-state index >= 15 is 0 Å². The van der Waals surface area contributed by atoms with Crippen molar-refractivity contribution < 1.29 is 14.0 Å². The monoisotopic (exact) mass is 642 g/mol. The zero-order chi connectivity index (χ0) is 32.6. The fraction of sp³-hybridized carbons (Fsp3) is 0.438. The number of rotatable bonds is 9. The number of halogens is 1. The Morgan fingerprint density at radius 1 is 1.24 bits per heavy atom. The lowest BCUT2D eigenvalue weighted by Gasteiger charge is -2.39. The van der Waals surface area contributed by atoms with Gasteiger partial charge in [0.2, 0.25) is 5.95 Å². The highest BCUT2D eigenvalue weighted by Gasteiger charge is 2.44. The van der Waals surface area contributed by atoms with E-state index in [9.17, 15) is 14.9 Å². The Morgan fingerprint density at radius 3 is 2.64 bits per heavy atom. The lowest BCUT2D eigenvalue weighted by molar-refractivity contribution is 0.0788. The highest BCUT2D eigenvalue weighted by Crippen LogP contribution is 2.46. The molecular weight excluding hydrogens is 605 g/mol. The molecule has 0 bridgehead atoms. The van der Waals surface area contributed by atoms with Gasteiger partial charge in [-0.15, -0.1) is 0 Å². The van der Waals surface area contributed by atoms with Crippen LogP contribution in [-0.2, 0) is 14.6 Å². The van der Waals surface area contributed by atoms with E-state index in [4.69, 9.17) is 21.0 Å². The molecule has 1 N–H and O–H groups in total. The number of nitrogens with one attached hydrogen (secondary N) is 1. The predicted octanol–water partition coefficient (Wildman–Crippen LogP) is 5.95. The molecule has 10 nitrogen and oxygen atoms in total. The summed E-state index contributed by atoms with van der Waals surface area (Å²) in [5.41, 5.74) is 3.54. The second kappa shape index (κ2) is 12.5. The summed E-state index contributed by atoms with van der Waals surface area (Å²) in [5.74, 6) is 0.0852. The van der Waals surface area contributed by atoms with Gasteiger partial charge in [0, 0.05) is 55.3 Å². The van der Waals surface area contributed by atoms with E-state index in [1.54, 1.807) is 29.3 Å². The van der Waals surface area contributed by atoms with Gasteiger partial charge in [0.15, 0.2) is 14.0 Å². The number of anilines is 3. The summed E-state index contributed by atoms with van der Waals surface area (Å²) < 4.78 is 6.69. The highest BCUT2D eigenvalue weighted by atomic mass is 35.5. The van der Waals surface area contributed by atoms with Crippen molar-refractivity contribution in [1.29, 1.82) is 5.26 Å². The average Bonchev–Trinajstić information content (AvgIpc) is 3.63. The summed E-state index contributed by atoms with van der Waals surface area (Å²) in [7, 11) is -0.609. The molecule has 1 aromatic carbocycles. The normalized spacial score (nSPS) is 18.0.